The van der Waals surface area contributed by atoms with Gasteiger partial charge in [-0.15, -0.1) is 0 Å². The molecule has 0 amide bonds. The molecule has 0 aliphatic rings. The Kier molecular flexibility index (Phi) is 4.93. The van der Waals surface area contributed by atoms with E-state index in [9.17, 15) is 18.3 Å². The van der Waals surface area contributed by atoms with Crippen molar-refractivity contribution >= 4 is 0 Å². The van der Waals surface area contributed by atoms with E-state index in [-0.39, 0.29) is 6.54 Å². The Morgan fingerprint density at radius 1 is 1.10 bits per heavy atom. The predicted molar refractivity (Wildman–Crippen MR) is 72.3 cm³/mol. The summed E-state index contributed by atoms with van der Waals surface area (Å²) in [5, 5.41) is 12.9. The van der Waals surface area contributed by atoms with Gasteiger partial charge in [0.05, 0.1) is 17.4 Å². The minimum absolute atomic E-state index is 0.238. The lowest BCUT2D eigenvalue weighted by Gasteiger charge is -2.13. The third-order valence-electron chi connectivity index (χ3n) is 2.99. The van der Waals surface area contributed by atoms with Crippen molar-refractivity contribution in [1.29, 1.82) is 0 Å². The summed E-state index contributed by atoms with van der Waals surface area (Å²) in [6, 6.07) is 10.0. The highest BCUT2D eigenvalue weighted by molar-refractivity contribution is 5.26. The molecular weight excluding hydrogens is 281 g/mol. The van der Waals surface area contributed by atoms with Crippen molar-refractivity contribution in [1.82, 2.24) is 10.3 Å². The number of hydrogen-bond acceptors (Lipinski definition) is 3. The molecule has 2 rings (SSSR count). The van der Waals surface area contributed by atoms with Crippen LogP contribution >= 0.6 is 0 Å². The number of aliphatic hydroxyl groups excluding tert-OH is 1. The summed E-state index contributed by atoms with van der Waals surface area (Å²) in [7, 11) is 0. The highest BCUT2D eigenvalue weighted by Gasteiger charge is 2.30. The van der Waals surface area contributed by atoms with Gasteiger partial charge in [-0.2, -0.15) is 13.2 Å². The van der Waals surface area contributed by atoms with E-state index in [1.54, 1.807) is 12.3 Å². The van der Waals surface area contributed by atoms with Crippen molar-refractivity contribution in [2.45, 2.75) is 18.8 Å². The molecular formula is C15H15F3N2O. The maximum atomic E-state index is 12.4. The van der Waals surface area contributed by atoms with Crippen molar-refractivity contribution in [2.75, 3.05) is 6.54 Å². The van der Waals surface area contributed by atoms with E-state index in [1.165, 1.54) is 12.1 Å². The third-order valence-corrected chi connectivity index (χ3v) is 2.99. The van der Waals surface area contributed by atoms with E-state index < -0.39 is 17.8 Å². The lowest BCUT2D eigenvalue weighted by Crippen LogP contribution is -2.21. The summed E-state index contributed by atoms with van der Waals surface area (Å²) < 4.78 is 37.3. The Labute approximate surface area is 120 Å². The molecule has 3 nitrogen and oxygen atoms in total. The topological polar surface area (TPSA) is 45.1 Å². The van der Waals surface area contributed by atoms with E-state index >= 15 is 0 Å². The molecule has 0 bridgehead atoms. The predicted octanol–water partition coefficient (Wildman–Crippen LogP) is 2.92. The average molecular weight is 296 g/mol. The number of hydrogen-bond donors (Lipinski definition) is 2. The molecule has 0 aliphatic carbocycles. The number of nitrogens with one attached hydrogen (secondary N) is 1. The molecule has 1 atom stereocenters. The largest absolute Gasteiger partial charge is 0.416 e. The van der Waals surface area contributed by atoms with Gasteiger partial charge in [0.2, 0.25) is 0 Å². The zero-order valence-corrected chi connectivity index (χ0v) is 11.1. The SMILES string of the molecule is OC(CNCc1ccccn1)c1ccc(C(F)(F)F)cc1. The second kappa shape index (κ2) is 6.69. The fourth-order valence-corrected chi connectivity index (χ4v) is 1.85. The van der Waals surface area contributed by atoms with Crippen LogP contribution in [0.15, 0.2) is 48.7 Å². The van der Waals surface area contributed by atoms with Gasteiger partial charge in [0.15, 0.2) is 0 Å². The fourth-order valence-electron chi connectivity index (χ4n) is 1.85. The molecule has 1 heterocycles. The van der Waals surface area contributed by atoms with Crippen molar-refractivity contribution in [3.05, 3.63) is 65.5 Å². The molecule has 2 N–H and O–H groups in total. The lowest BCUT2D eigenvalue weighted by atomic mass is 10.1. The number of rotatable bonds is 5. The molecule has 0 spiro atoms. The summed E-state index contributed by atoms with van der Waals surface area (Å²) in [6.07, 6.45) is -3.56. The van der Waals surface area contributed by atoms with Gasteiger partial charge >= 0.3 is 6.18 Å². The third kappa shape index (κ3) is 4.54. The van der Waals surface area contributed by atoms with Crippen LogP contribution in [0.25, 0.3) is 0 Å². The van der Waals surface area contributed by atoms with Crippen molar-refractivity contribution in [3.63, 3.8) is 0 Å². The molecule has 1 aromatic carbocycles. The molecule has 0 fully saturated rings. The molecule has 112 valence electrons. The molecule has 0 saturated carbocycles. The number of aromatic nitrogens is 1. The standard InChI is InChI=1S/C15H15F3N2O/c16-15(17,18)12-6-4-11(5-7-12)14(21)10-19-9-13-3-1-2-8-20-13/h1-8,14,19,21H,9-10H2. The number of alkyl halides is 3. The summed E-state index contributed by atoms with van der Waals surface area (Å²) in [5.74, 6) is 0. The molecule has 2 aromatic rings. The maximum absolute atomic E-state index is 12.4. The zero-order valence-electron chi connectivity index (χ0n) is 11.1. The minimum atomic E-state index is -4.36. The first-order valence-electron chi connectivity index (χ1n) is 6.42. The van der Waals surface area contributed by atoms with Gasteiger partial charge in [0, 0.05) is 19.3 Å². The second-order valence-corrected chi connectivity index (χ2v) is 4.59. The first kappa shape index (κ1) is 15.5. The number of aliphatic hydroxyl groups is 1. The number of nitrogens with zero attached hydrogens (tertiary/aromatic N) is 1. The molecule has 0 aliphatic heterocycles. The highest BCUT2D eigenvalue weighted by atomic mass is 19.4. The van der Waals surface area contributed by atoms with Gasteiger partial charge in [-0.3, -0.25) is 4.98 Å². The fraction of sp³-hybridized carbons (Fsp3) is 0.267. The van der Waals surface area contributed by atoms with Gasteiger partial charge < -0.3 is 10.4 Å². The smallest absolute Gasteiger partial charge is 0.387 e. The molecule has 1 aromatic heterocycles. The molecule has 0 radical (unpaired) electrons. The van der Waals surface area contributed by atoms with Crippen LogP contribution in [0.4, 0.5) is 13.2 Å². The van der Waals surface area contributed by atoms with Crippen LogP contribution in [-0.4, -0.2) is 16.6 Å². The molecule has 6 heteroatoms. The first-order chi connectivity index (χ1) is 9.97. The molecule has 0 saturated heterocycles. The Balaban J connectivity index is 1.87. The Morgan fingerprint density at radius 2 is 1.81 bits per heavy atom. The van der Waals surface area contributed by atoms with Crippen LogP contribution in [0.1, 0.15) is 22.9 Å². The summed E-state index contributed by atoms with van der Waals surface area (Å²) in [6.45, 7) is 0.723. The van der Waals surface area contributed by atoms with Crippen molar-refractivity contribution < 1.29 is 18.3 Å². The highest BCUT2D eigenvalue weighted by Crippen LogP contribution is 2.29. The van der Waals surface area contributed by atoms with Crippen molar-refractivity contribution in [3.8, 4) is 0 Å². The number of benzene rings is 1. The van der Waals surface area contributed by atoms with Crippen LogP contribution in [-0.2, 0) is 12.7 Å². The van der Waals surface area contributed by atoms with Crippen molar-refractivity contribution in [2.24, 2.45) is 0 Å². The average Bonchev–Trinajstić information content (AvgIpc) is 2.47. The van der Waals surface area contributed by atoms with E-state index in [0.29, 0.717) is 12.1 Å². The normalized spacial score (nSPS) is 13.1. The molecule has 1 unspecified atom stereocenters. The first-order valence-corrected chi connectivity index (χ1v) is 6.42. The minimum Gasteiger partial charge on any atom is -0.387 e. The van der Waals surface area contributed by atoms with E-state index in [2.05, 4.69) is 10.3 Å². The van der Waals surface area contributed by atoms with Crippen LogP contribution in [0.3, 0.4) is 0 Å². The lowest BCUT2D eigenvalue weighted by molar-refractivity contribution is -0.137. The monoisotopic (exact) mass is 296 g/mol. The molecule has 21 heavy (non-hydrogen) atoms. The summed E-state index contributed by atoms with van der Waals surface area (Å²) >= 11 is 0. The zero-order chi connectivity index (χ0) is 15.3. The van der Waals surface area contributed by atoms with Crippen LogP contribution < -0.4 is 5.32 Å². The van der Waals surface area contributed by atoms with Gasteiger partial charge in [-0.1, -0.05) is 18.2 Å². The number of halogens is 3. The van der Waals surface area contributed by atoms with Gasteiger partial charge in [-0.25, -0.2) is 0 Å². The maximum Gasteiger partial charge on any atom is 0.416 e. The number of pyridine rings is 1. The van der Waals surface area contributed by atoms with Crippen LogP contribution in [0.5, 0.6) is 0 Å². The van der Waals surface area contributed by atoms with E-state index in [1.807, 2.05) is 12.1 Å². The Morgan fingerprint density at radius 3 is 2.38 bits per heavy atom. The van der Waals surface area contributed by atoms with Gasteiger partial charge in [0.1, 0.15) is 0 Å². The van der Waals surface area contributed by atoms with Crippen LogP contribution in [0, 0.1) is 0 Å². The van der Waals surface area contributed by atoms with Crippen LogP contribution in [0.2, 0.25) is 0 Å². The Bertz CT molecular complexity index is 555. The van der Waals surface area contributed by atoms with E-state index in [0.717, 1.165) is 17.8 Å². The second-order valence-electron chi connectivity index (χ2n) is 4.59. The van der Waals surface area contributed by atoms with Gasteiger partial charge in [0.25, 0.3) is 0 Å². The Hall–Kier alpha value is -1.92. The van der Waals surface area contributed by atoms with Gasteiger partial charge in [-0.05, 0) is 29.8 Å². The quantitative estimate of drug-likeness (QED) is 0.891. The summed E-state index contributed by atoms with van der Waals surface area (Å²) in [5.41, 5.74) is 0.550. The summed E-state index contributed by atoms with van der Waals surface area (Å²) in [4.78, 5) is 4.12. The van der Waals surface area contributed by atoms with E-state index in [4.69, 9.17) is 0 Å².